The number of anilines is 1. The topological polar surface area (TPSA) is 94.6 Å². The Morgan fingerprint density at radius 2 is 1.85 bits per heavy atom. The normalized spacial score (nSPS) is 31.3. The Balaban J connectivity index is 1.06. The van der Waals surface area contributed by atoms with Crippen LogP contribution in [0.3, 0.4) is 0 Å². The van der Waals surface area contributed by atoms with Crippen molar-refractivity contribution < 1.29 is 18.8 Å². The molecule has 7 rings (SSSR count). The van der Waals surface area contributed by atoms with E-state index >= 15 is 0 Å². The molecule has 1 aliphatic carbocycles. The van der Waals surface area contributed by atoms with Gasteiger partial charge in [0, 0.05) is 23.5 Å². The van der Waals surface area contributed by atoms with Crippen molar-refractivity contribution in [3.63, 3.8) is 0 Å². The molecule has 1 saturated carbocycles. The fourth-order valence-corrected chi connectivity index (χ4v) is 7.87. The van der Waals surface area contributed by atoms with E-state index in [1.54, 1.807) is 23.4 Å². The number of alkyl halides is 1. The van der Waals surface area contributed by atoms with Gasteiger partial charge in [-0.2, -0.15) is 0 Å². The maximum absolute atomic E-state index is 15.0. The van der Waals surface area contributed by atoms with Crippen molar-refractivity contribution in [1.82, 2.24) is 20.5 Å². The largest absolute Gasteiger partial charge is 0.365 e. The number of aromatic nitrogens is 1. The Bertz CT molecular complexity index is 1420. The van der Waals surface area contributed by atoms with E-state index in [0.29, 0.717) is 36.1 Å². The van der Waals surface area contributed by atoms with Gasteiger partial charge in [-0.25, -0.2) is 4.39 Å². The molecule has 208 valence electrons. The van der Waals surface area contributed by atoms with E-state index in [1.807, 2.05) is 41.3 Å². The molecule has 4 fully saturated rings. The van der Waals surface area contributed by atoms with Crippen LogP contribution in [0.1, 0.15) is 41.8 Å². The molecule has 4 aliphatic rings. The second kappa shape index (κ2) is 10.1. The zero-order chi connectivity index (χ0) is 27.4. The molecule has 0 radical (unpaired) electrons. The van der Waals surface area contributed by atoms with Gasteiger partial charge in [-0.3, -0.25) is 19.4 Å². The fourth-order valence-electron chi connectivity index (χ4n) is 6.90. The maximum atomic E-state index is 15.0. The van der Waals surface area contributed by atoms with Crippen LogP contribution in [0.5, 0.6) is 0 Å². The number of amides is 3. The molecule has 5 heterocycles. The minimum absolute atomic E-state index is 0.0288. The molecule has 7 atom stereocenters. The molecule has 3 amide bonds. The third-order valence-corrected chi connectivity index (χ3v) is 10.2. The first-order valence-electron chi connectivity index (χ1n) is 14.2. The highest BCUT2D eigenvalue weighted by Gasteiger charge is 2.51. The molecule has 2 aromatic heterocycles. The van der Waals surface area contributed by atoms with Crippen LogP contribution in [0.4, 0.5) is 10.1 Å². The van der Waals surface area contributed by atoms with Crippen molar-refractivity contribution in [2.75, 3.05) is 18.0 Å². The number of halogens is 1. The highest BCUT2D eigenvalue weighted by molar-refractivity contribution is 7.20. The standard InChI is InChI=1S/C30H32FN5O3S/c31-22-15-35(21-5-3-9-32-14-21)16-24(22)34-28(37)25-8-7-20-11-18-10-19(18)12-23(30(39)36(20)25)33-29(38)27-13-17-4-1-2-6-26(17)40-27/h1-6,9,13-14,18-20,22-25H,7-8,10-12,15-16H2,(H,33,38)(H,34,37)/t18-,19+,20+,22-,23-,24-,25-/m0/s1. The molecule has 40 heavy (non-hydrogen) atoms. The van der Waals surface area contributed by atoms with E-state index in [4.69, 9.17) is 0 Å². The molecule has 0 unspecified atom stereocenters. The fraction of sp³-hybridized carbons (Fsp3) is 0.467. The summed E-state index contributed by atoms with van der Waals surface area (Å²) in [6.07, 6.45) is 5.97. The molecule has 0 bridgehead atoms. The highest BCUT2D eigenvalue weighted by Crippen LogP contribution is 2.49. The Morgan fingerprint density at radius 3 is 2.67 bits per heavy atom. The average molecular weight is 562 g/mol. The molecular formula is C30H32FN5O3S. The minimum Gasteiger partial charge on any atom is -0.365 e. The smallest absolute Gasteiger partial charge is 0.262 e. The Kier molecular flexibility index (Phi) is 6.45. The number of hydrogen-bond acceptors (Lipinski definition) is 6. The molecule has 1 aromatic carbocycles. The van der Waals surface area contributed by atoms with Gasteiger partial charge in [-0.05, 0) is 73.6 Å². The summed E-state index contributed by atoms with van der Waals surface area (Å²) in [5.74, 6) is 0.192. The molecule has 3 aliphatic heterocycles. The number of fused-ring (bicyclic) bond motifs is 3. The lowest BCUT2D eigenvalue weighted by Gasteiger charge is -2.35. The molecule has 2 N–H and O–H groups in total. The zero-order valence-electron chi connectivity index (χ0n) is 22.0. The average Bonchev–Trinajstić information content (AvgIpc) is 3.27. The first kappa shape index (κ1) is 25.4. The summed E-state index contributed by atoms with van der Waals surface area (Å²) in [5, 5.41) is 6.95. The lowest BCUT2D eigenvalue weighted by molar-refractivity contribution is -0.143. The number of carbonyl (C=O) groups excluding carboxylic acids is 3. The number of nitrogens with one attached hydrogen (secondary N) is 2. The number of benzene rings is 1. The number of hydrogen-bond donors (Lipinski definition) is 2. The first-order valence-corrected chi connectivity index (χ1v) is 15.0. The van der Waals surface area contributed by atoms with E-state index < -0.39 is 24.3 Å². The second-order valence-corrected chi connectivity index (χ2v) is 12.7. The van der Waals surface area contributed by atoms with E-state index in [-0.39, 0.29) is 30.3 Å². The van der Waals surface area contributed by atoms with E-state index in [2.05, 4.69) is 15.6 Å². The molecule has 3 aromatic rings. The van der Waals surface area contributed by atoms with Gasteiger partial charge >= 0.3 is 0 Å². The van der Waals surface area contributed by atoms with Gasteiger partial charge in [-0.15, -0.1) is 11.3 Å². The Labute approximate surface area is 235 Å². The van der Waals surface area contributed by atoms with Crippen LogP contribution in [0.25, 0.3) is 10.1 Å². The van der Waals surface area contributed by atoms with Crippen molar-refractivity contribution >= 4 is 44.8 Å². The first-order chi connectivity index (χ1) is 19.4. The molecule has 10 heteroatoms. The summed E-state index contributed by atoms with van der Waals surface area (Å²) in [4.78, 5) is 49.1. The van der Waals surface area contributed by atoms with Gasteiger partial charge in [0.05, 0.1) is 29.3 Å². The van der Waals surface area contributed by atoms with Gasteiger partial charge in [-0.1, -0.05) is 18.2 Å². The van der Waals surface area contributed by atoms with Crippen LogP contribution < -0.4 is 15.5 Å². The summed E-state index contributed by atoms with van der Waals surface area (Å²) in [6.45, 7) is 0.530. The lowest BCUT2D eigenvalue weighted by atomic mass is 9.99. The van der Waals surface area contributed by atoms with Crippen LogP contribution in [-0.2, 0) is 9.59 Å². The predicted octanol–water partition coefficient (Wildman–Crippen LogP) is 3.53. The van der Waals surface area contributed by atoms with E-state index in [1.165, 1.54) is 11.3 Å². The number of rotatable bonds is 5. The number of carbonyl (C=O) groups is 3. The van der Waals surface area contributed by atoms with Crippen molar-refractivity contribution in [2.24, 2.45) is 11.8 Å². The third kappa shape index (κ3) is 4.72. The summed E-state index contributed by atoms with van der Waals surface area (Å²) in [6, 6.07) is 11.4. The predicted molar refractivity (Wildman–Crippen MR) is 151 cm³/mol. The SMILES string of the molecule is O=C(N[C@H]1C[C@H]2C[C@H]2C[C@H]2CC[C@@H](C(=O)N[C@H]3CN(c4cccnc4)C[C@@H]3F)N2C1=O)c1cc2ccccc2s1. The molecular weight excluding hydrogens is 529 g/mol. The van der Waals surface area contributed by atoms with E-state index in [9.17, 15) is 18.8 Å². The lowest BCUT2D eigenvalue weighted by Crippen LogP contribution is -2.58. The monoisotopic (exact) mass is 561 g/mol. The summed E-state index contributed by atoms with van der Waals surface area (Å²) < 4.78 is 16.0. The third-order valence-electron chi connectivity index (χ3n) is 9.08. The van der Waals surface area contributed by atoms with Crippen LogP contribution in [-0.4, -0.2) is 71.0 Å². The molecule has 3 saturated heterocycles. The second-order valence-electron chi connectivity index (χ2n) is 11.6. The minimum atomic E-state index is -1.22. The van der Waals surface area contributed by atoms with Gasteiger partial charge < -0.3 is 20.4 Å². The van der Waals surface area contributed by atoms with E-state index in [0.717, 1.165) is 35.0 Å². The van der Waals surface area contributed by atoms with Crippen LogP contribution in [0.15, 0.2) is 54.9 Å². The summed E-state index contributed by atoms with van der Waals surface area (Å²) in [7, 11) is 0. The van der Waals surface area contributed by atoms with Crippen molar-refractivity contribution in [1.29, 1.82) is 0 Å². The Morgan fingerprint density at radius 1 is 1.00 bits per heavy atom. The summed E-state index contributed by atoms with van der Waals surface area (Å²) >= 11 is 1.41. The number of thiophene rings is 1. The van der Waals surface area contributed by atoms with Crippen molar-refractivity contribution in [3.05, 3.63) is 59.7 Å². The number of pyridine rings is 1. The maximum Gasteiger partial charge on any atom is 0.262 e. The van der Waals surface area contributed by atoms with Crippen molar-refractivity contribution in [3.8, 4) is 0 Å². The van der Waals surface area contributed by atoms with Crippen LogP contribution in [0, 0.1) is 11.8 Å². The zero-order valence-corrected chi connectivity index (χ0v) is 22.9. The van der Waals surface area contributed by atoms with Crippen LogP contribution >= 0.6 is 11.3 Å². The highest BCUT2D eigenvalue weighted by atomic mass is 32.1. The van der Waals surface area contributed by atoms with Crippen molar-refractivity contribution in [2.45, 2.75) is 62.4 Å². The molecule has 0 spiro atoms. The quantitative estimate of drug-likeness (QED) is 0.497. The van der Waals surface area contributed by atoms with Gasteiger partial charge in [0.25, 0.3) is 5.91 Å². The van der Waals surface area contributed by atoms with Gasteiger partial charge in [0.15, 0.2) is 0 Å². The van der Waals surface area contributed by atoms with Gasteiger partial charge in [0.1, 0.15) is 18.3 Å². The van der Waals surface area contributed by atoms with Crippen LogP contribution in [0.2, 0.25) is 0 Å². The molecule has 8 nitrogen and oxygen atoms in total. The van der Waals surface area contributed by atoms with Gasteiger partial charge in [0.2, 0.25) is 11.8 Å². The Hall–Kier alpha value is -3.53. The summed E-state index contributed by atoms with van der Waals surface area (Å²) in [5.41, 5.74) is 0.818. The number of nitrogens with zero attached hydrogens (tertiary/aromatic N) is 3.